The Kier molecular flexibility index (Phi) is 7.31. The van der Waals surface area contributed by atoms with Crippen LogP contribution in [0, 0.1) is 0 Å². The van der Waals surface area contributed by atoms with Crippen LogP contribution in [-0.2, 0) is 4.74 Å². The lowest BCUT2D eigenvalue weighted by molar-refractivity contribution is -0.0327. The van der Waals surface area contributed by atoms with Gasteiger partial charge in [0.2, 0.25) is 0 Å². The minimum absolute atomic E-state index is 0.000306. The van der Waals surface area contributed by atoms with Gasteiger partial charge in [0, 0.05) is 24.4 Å². The van der Waals surface area contributed by atoms with E-state index in [0.717, 1.165) is 25.7 Å². The number of hydrogen-bond acceptors (Lipinski definition) is 4. The fourth-order valence-electron chi connectivity index (χ4n) is 2.35. The third-order valence-electron chi connectivity index (χ3n) is 3.25. The predicted molar refractivity (Wildman–Crippen MR) is 81.9 cm³/mol. The average Bonchev–Trinajstić information content (AvgIpc) is 2.33. The van der Waals surface area contributed by atoms with E-state index in [1.807, 2.05) is 20.8 Å². The van der Waals surface area contributed by atoms with Crippen LogP contribution in [0.15, 0.2) is 0 Å². The van der Waals surface area contributed by atoms with Crippen LogP contribution in [0.4, 0.5) is 18.0 Å². The number of alkyl halides is 3. The number of carbonyl (C=O) groups is 1. The fraction of sp³-hybridized carbons (Fsp3) is 0.929. The van der Waals surface area contributed by atoms with Gasteiger partial charge in [-0.1, -0.05) is 0 Å². The Labute approximate surface area is 133 Å². The first kappa shape index (κ1) is 19.4. The lowest BCUT2D eigenvalue weighted by atomic mass is 9.91. The van der Waals surface area contributed by atoms with E-state index in [1.165, 1.54) is 0 Å². The number of nitrogens with one attached hydrogen (secondary N) is 2. The Balaban J connectivity index is 2.14. The van der Waals surface area contributed by atoms with Crippen molar-refractivity contribution in [1.82, 2.24) is 10.6 Å². The summed E-state index contributed by atoms with van der Waals surface area (Å²) < 4.78 is 41.2. The molecule has 0 unspecified atom stereocenters. The Bertz CT molecular complexity index is 351. The number of alkyl carbamates (subject to hydrolysis) is 1. The van der Waals surface area contributed by atoms with Crippen LogP contribution in [0.2, 0.25) is 0 Å². The number of hydrogen-bond donors (Lipinski definition) is 2. The van der Waals surface area contributed by atoms with E-state index >= 15 is 0 Å². The number of thioether (sulfide) groups is 1. The highest BCUT2D eigenvalue weighted by molar-refractivity contribution is 8.00. The van der Waals surface area contributed by atoms with Crippen LogP contribution < -0.4 is 10.6 Å². The van der Waals surface area contributed by atoms with Gasteiger partial charge in [-0.15, -0.1) is 0 Å². The van der Waals surface area contributed by atoms with Crippen LogP contribution in [-0.4, -0.2) is 41.6 Å². The molecule has 22 heavy (non-hydrogen) atoms. The molecular formula is C14H25F3N2O2S. The summed E-state index contributed by atoms with van der Waals surface area (Å²) in [5.74, 6) is 0.0274. The van der Waals surface area contributed by atoms with Crippen LogP contribution in [0.5, 0.6) is 0 Å². The maximum atomic E-state index is 12.0. The standard InChI is InChI=1S/C14H25F3N2O2S/c1-13(2,3)21-12(20)19-11-6-4-10(5-7-11)18-8-9-22-14(15,16)17/h10-11,18H,4-9H2,1-3H3,(H,19,20). The summed E-state index contributed by atoms with van der Waals surface area (Å²) in [6.07, 6.45) is 2.89. The second-order valence-electron chi connectivity index (χ2n) is 6.44. The van der Waals surface area contributed by atoms with Gasteiger partial charge in [-0.25, -0.2) is 4.79 Å². The van der Waals surface area contributed by atoms with Gasteiger partial charge in [0.15, 0.2) is 0 Å². The highest BCUT2D eigenvalue weighted by Gasteiger charge is 2.28. The molecular weight excluding hydrogens is 317 g/mol. The maximum absolute atomic E-state index is 12.0. The summed E-state index contributed by atoms with van der Waals surface area (Å²) in [7, 11) is 0. The first-order chi connectivity index (χ1) is 10.1. The summed E-state index contributed by atoms with van der Waals surface area (Å²) in [6, 6.07) is 0.308. The van der Waals surface area contributed by atoms with Gasteiger partial charge < -0.3 is 15.4 Å². The Morgan fingerprint density at radius 2 is 1.68 bits per heavy atom. The van der Waals surface area contributed by atoms with E-state index in [2.05, 4.69) is 10.6 Å². The third kappa shape index (κ3) is 9.40. The molecule has 0 aromatic heterocycles. The number of rotatable bonds is 5. The molecule has 1 saturated carbocycles. The van der Waals surface area contributed by atoms with Crippen molar-refractivity contribution in [3.63, 3.8) is 0 Å². The van der Waals surface area contributed by atoms with Gasteiger partial charge >= 0.3 is 11.6 Å². The molecule has 0 radical (unpaired) electrons. The van der Waals surface area contributed by atoms with Crippen molar-refractivity contribution in [3.05, 3.63) is 0 Å². The lowest BCUT2D eigenvalue weighted by Gasteiger charge is -2.30. The molecule has 0 saturated heterocycles. The molecule has 0 atom stereocenters. The van der Waals surface area contributed by atoms with Crippen molar-refractivity contribution in [1.29, 1.82) is 0 Å². The second-order valence-corrected chi connectivity index (χ2v) is 7.60. The van der Waals surface area contributed by atoms with Crippen LogP contribution in [0.1, 0.15) is 46.5 Å². The van der Waals surface area contributed by atoms with Crippen molar-refractivity contribution < 1.29 is 22.7 Å². The number of ether oxygens (including phenoxy) is 1. The van der Waals surface area contributed by atoms with Crippen molar-refractivity contribution in [2.45, 2.75) is 69.6 Å². The zero-order chi connectivity index (χ0) is 16.8. The van der Waals surface area contributed by atoms with Gasteiger partial charge in [-0.3, -0.25) is 0 Å². The van der Waals surface area contributed by atoms with E-state index < -0.39 is 17.2 Å². The van der Waals surface area contributed by atoms with Gasteiger partial charge in [0.1, 0.15) is 5.60 Å². The molecule has 1 rings (SSSR count). The molecule has 4 nitrogen and oxygen atoms in total. The van der Waals surface area contributed by atoms with Crippen LogP contribution >= 0.6 is 11.8 Å². The molecule has 130 valence electrons. The molecule has 8 heteroatoms. The van der Waals surface area contributed by atoms with Gasteiger partial charge in [-0.05, 0) is 58.2 Å². The molecule has 1 aliphatic carbocycles. The van der Waals surface area contributed by atoms with Gasteiger partial charge in [0.05, 0.1) is 0 Å². The second kappa shape index (κ2) is 8.29. The molecule has 0 aromatic rings. The minimum atomic E-state index is -4.16. The number of carbonyl (C=O) groups excluding carboxylic acids is 1. The summed E-state index contributed by atoms with van der Waals surface area (Å²) in [5.41, 5.74) is -4.67. The minimum Gasteiger partial charge on any atom is -0.444 e. The maximum Gasteiger partial charge on any atom is 0.441 e. The molecule has 1 amide bonds. The van der Waals surface area contributed by atoms with E-state index in [0.29, 0.717) is 6.54 Å². The Hall–Kier alpha value is -0.630. The topological polar surface area (TPSA) is 50.4 Å². The van der Waals surface area contributed by atoms with Crippen molar-refractivity contribution in [2.75, 3.05) is 12.3 Å². The SMILES string of the molecule is CC(C)(C)OC(=O)NC1CCC(NCCSC(F)(F)F)CC1. The predicted octanol–water partition coefficient (Wildman–Crippen LogP) is 3.66. The summed E-state index contributed by atoms with van der Waals surface area (Å²) in [4.78, 5) is 11.7. The molecule has 0 aromatic carbocycles. The van der Waals surface area contributed by atoms with E-state index in [4.69, 9.17) is 4.74 Å². The molecule has 2 N–H and O–H groups in total. The van der Waals surface area contributed by atoms with Crippen molar-refractivity contribution >= 4 is 17.9 Å². The molecule has 0 heterocycles. The lowest BCUT2D eigenvalue weighted by Crippen LogP contribution is -2.44. The van der Waals surface area contributed by atoms with Crippen LogP contribution in [0.25, 0.3) is 0 Å². The molecule has 0 bridgehead atoms. The summed E-state index contributed by atoms with van der Waals surface area (Å²) in [5, 5.41) is 5.98. The molecule has 0 spiro atoms. The monoisotopic (exact) mass is 342 g/mol. The summed E-state index contributed by atoms with van der Waals surface area (Å²) >= 11 is 0.000306. The first-order valence-electron chi connectivity index (χ1n) is 7.49. The van der Waals surface area contributed by atoms with E-state index in [9.17, 15) is 18.0 Å². The van der Waals surface area contributed by atoms with E-state index in [1.54, 1.807) is 0 Å². The van der Waals surface area contributed by atoms with Crippen LogP contribution in [0.3, 0.4) is 0 Å². The van der Waals surface area contributed by atoms with E-state index in [-0.39, 0.29) is 29.6 Å². The number of halogens is 3. The average molecular weight is 342 g/mol. The molecule has 1 aliphatic rings. The smallest absolute Gasteiger partial charge is 0.441 e. The fourth-order valence-corrected chi connectivity index (χ4v) is 2.80. The molecule has 1 fully saturated rings. The highest BCUT2D eigenvalue weighted by atomic mass is 32.2. The third-order valence-corrected chi connectivity index (χ3v) is 3.98. The summed E-state index contributed by atoms with van der Waals surface area (Å²) in [6.45, 7) is 5.78. The van der Waals surface area contributed by atoms with Crippen molar-refractivity contribution in [3.8, 4) is 0 Å². The normalized spacial score (nSPS) is 23.2. The van der Waals surface area contributed by atoms with Gasteiger partial charge in [-0.2, -0.15) is 13.2 Å². The molecule has 0 aliphatic heterocycles. The zero-order valence-corrected chi connectivity index (χ0v) is 14.1. The highest BCUT2D eigenvalue weighted by Crippen LogP contribution is 2.29. The zero-order valence-electron chi connectivity index (χ0n) is 13.3. The van der Waals surface area contributed by atoms with Gasteiger partial charge in [0.25, 0.3) is 0 Å². The Morgan fingerprint density at radius 1 is 1.14 bits per heavy atom. The first-order valence-corrected chi connectivity index (χ1v) is 8.47. The quantitative estimate of drug-likeness (QED) is 0.749. The Morgan fingerprint density at radius 3 is 2.18 bits per heavy atom. The largest absolute Gasteiger partial charge is 0.444 e. The number of amides is 1. The van der Waals surface area contributed by atoms with Crippen molar-refractivity contribution in [2.24, 2.45) is 0 Å².